The number of Topliss-reactive ketones (excluding diaryl/α,β-unsaturated/α-hetero) is 2. The lowest BCUT2D eigenvalue weighted by molar-refractivity contribution is -0.127. The minimum Gasteiger partial charge on any atom is -0.449 e. The molecule has 0 heterocycles. The zero-order valence-electron chi connectivity index (χ0n) is 31.9. The molecule has 2 rings (SSSR count). The van der Waals surface area contributed by atoms with Gasteiger partial charge in [-0.05, 0) is 119 Å². The molecule has 2 amide bonds. The van der Waals surface area contributed by atoms with Gasteiger partial charge in [0.1, 0.15) is 24.8 Å². The van der Waals surface area contributed by atoms with E-state index in [2.05, 4.69) is 26.6 Å². The van der Waals surface area contributed by atoms with Crippen molar-refractivity contribution in [2.45, 2.75) is 119 Å². The van der Waals surface area contributed by atoms with Crippen LogP contribution in [0.5, 0.6) is 0 Å². The predicted octanol–water partition coefficient (Wildman–Crippen LogP) is 8.18. The number of nitrogens with one attached hydrogen (secondary N) is 2. The van der Waals surface area contributed by atoms with Crippen molar-refractivity contribution in [1.29, 1.82) is 0 Å². The van der Waals surface area contributed by atoms with Crippen LogP contribution in [0, 0.1) is 10.8 Å². The molecule has 2 aromatic rings. The first-order valence-corrected chi connectivity index (χ1v) is 16.5. The normalized spacial score (nSPS) is 12.7. The average Bonchev–Trinajstić information content (AvgIpc) is 2.98. The second-order valence-electron chi connectivity index (χ2n) is 16.1. The van der Waals surface area contributed by atoms with Crippen LogP contribution in [0.15, 0.2) is 58.5 Å². The van der Waals surface area contributed by atoms with Crippen molar-refractivity contribution < 1.29 is 28.7 Å². The van der Waals surface area contributed by atoms with E-state index in [0.717, 1.165) is 22.3 Å². The highest BCUT2D eigenvalue weighted by Crippen LogP contribution is 2.31. The van der Waals surface area contributed by atoms with Crippen LogP contribution >= 0.6 is 0 Å². The zero-order chi connectivity index (χ0) is 37.6. The van der Waals surface area contributed by atoms with Crippen LogP contribution in [0.4, 0.5) is 9.59 Å². The number of nitrogens with zero attached hydrogens (tertiary/aromatic N) is 2. The van der Waals surface area contributed by atoms with Gasteiger partial charge in [0.05, 0.1) is 39.0 Å². The monoisotopic (exact) mass is 676 g/mol. The zero-order valence-corrected chi connectivity index (χ0v) is 31.9. The SMILES string of the molecule is CC(=O)C(C)(C)COC(=O)NC(C)(C)c1ccc(C(C)(C)N=C=NC(C)(C)c2cccc(C(C)(C)NC(=O)OCC(C)(C)C(C)=O)c2)cc1. The Kier molecular flexibility index (Phi) is 12.6. The molecule has 0 fully saturated rings. The molecule has 49 heavy (non-hydrogen) atoms. The summed E-state index contributed by atoms with van der Waals surface area (Å²) < 4.78 is 10.7. The fraction of sp³-hybridized carbons (Fsp3) is 0.564. The maximum Gasteiger partial charge on any atom is 0.407 e. The summed E-state index contributed by atoms with van der Waals surface area (Å²) in [6, 6.07) is 18.5. The second kappa shape index (κ2) is 15.1. The standard InChI is InChI=1S/C39H56N4O6/c1-26(44)34(3,4)23-48-32(46)42-38(11,12)29-20-18-28(19-21-29)36(7,8)40-25-41-37(9,10)30-16-15-17-31(22-30)39(13,14)43-33(47)49-24-35(5,6)27(2)45/h15-22H,23-24H2,1-14H3,(H,42,46)(H,43,47). The van der Waals surface area contributed by atoms with Crippen LogP contribution in [0.1, 0.15) is 119 Å². The molecule has 0 saturated carbocycles. The molecule has 10 nitrogen and oxygen atoms in total. The number of amides is 2. The van der Waals surface area contributed by atoms with Crippen LogP contribution in [0.3, 0.4) is 0 Å². The topological polar surface area (TPSA) is 136 Å². The second-order valence-corrected chi connectivity index (χ2v) is 16.1. The number of benzene rings is 2. The molecule has 0 radical (unpaired) electrons. The number of ether oxygens (including phenoxy) is 2. The predicted molar refractivity (Wildman–Crippen MR) is 193 cm³/mol. The summed E-state index contributed by atoms with van der Waals surface area (Å²) in [5.41, 5.74) is -0.722. The number of carbonyl (C=O) groups excluding carboxylic acids is 4. The molecule has 268 valence electrons. The van der Waals surface area contributed by atoms with Crippen molar-refractivity contribution in [1.82, 2.24) is 10.6 Å². The van der Waals surface area contributed by atoms with E-state index >= 15 is 0 Å². The Morgan fingerprint density at radius 1 is 0.571 bits per heavy atom. The quantitative estimate of drug-likeness (QED) is 0.194. The van der Waals surface area contributed by atoms with Gasteiger partial charge in [-0.25, -0.2) is 19.6 Å². The summed E-state index contributed by atoms with van der Waals surface area (Å²) in [5, 5.41) is 5.79. The third-order valence-electron chi connectivity index (χ3n) is 9.13. The maximum absolute atomic E-state index is 12.6. The summed E-state index contributed by atoms with van der Waals surface area (Å²) in [7, 11) is 0. The van der Waals surface area contributed by atoms with Crippen molar-refractivity contribution in [2.24, 2.45) is 20.8 Å². The maximum atomic E-state index is 12.6. The largest absolute Gasteiger partial charge is 0.449 e. The minimum atomic E-state index is -0.759. The number of aliphatic imine (C=N–C) groups is 2. The highest BCUT2D eigenvalue weighted by atomic mass is 16.6. The molecule has 10 heteroatoms. The molecular weight excluding hydrogens is 620 g/mol. The van der Waals surface area contributed by atoms with E-state index in [4.69, 9.17) is 9.47 Å². The average molecular weight is 677 g/mol. The lowest BCUT2D eigenvalue weighted by atomic mass is 9.87. The Morgan fingerprint density at radius 3 is 1.37 bits per heavy atom. The van der Waals surface area contributed by atoms with Gasteiger partial charge in [-0.2, -0.15) is 0 Å². The molecule has 0 aliphatic rings. The lowest BCUT2D eigenvalue weighted by Gasteiger charge is -2.29. The van der Waals surface area contributed by atoms with Gasteiger partial charge in [-0.15, -0.1) is 0 Å². The molecule has 2 aromatic carbocycles. The van der Waals surface area contributed by atoms with Crippen molar-refractivity contribution in [2.75, 3.05) is 13.2 Å². The third kappa shape index (κ3) is 11.4. The van der Waals surface area contributed by atoms with Gasteiger partial charge in [-0.1, -0.05) is 48.5 Å². The fourth-order valence-electron chi connectivity index (χ4n) is 4.41. The number of hydrogen-bond acceptors (Lipinski definition) is 8. The lowest BCUT2D eigenvalue weighted by Crippen LogP contribution is -2.43. The molecule has 0 spiro atoms. The molecule has 0 atom stereocenters. The van der Waals surface area contributed by atoms with Crippen molar-refractivity contribution in [3.63, 3.8) is 0 Å². The van der Waals surface area contributed by atoms with Gasteiger partial charge in [0, 0.05) is 0 Å². The Bertz CT molecular complexity index is 1590. The van der Waals surface area contributed by atoms with Gasteiger partial charge in [0.2, 0.25) is 0 Å². The van der Waals surface area contributed by atoms with Crippen LogP contribution in [-0.4, -0.2) is 43.0 Å². The fourth-order valence-corrected chi connectivity index (χ4v) is 4.41. The molecule has 0 aliphatic carbocycles. The molecule has 0 bridgehead atoms. The van der Waals surface area contributed by atoms with Gasteiger partial charge < -0.3 is 20.1 Å². The van der Waals surface area contributed by atoms with Gasteiger partial charge in [0.25, 0.3) is 0 Å². The van der Waals surface area contributed by atoms with E-state index in [1.165, 1.54) is 13.8 Å². The molecule has 2 N–H and O–H groups in total. The third-order valence-corrected chi connectivity index (χ3v) is 9.13. The van der Waals surface area contributed by atoms with Gasteiger partial charge >= 0.3 is 12.2 Å². The summed E-state index contributed by atoms with van der Waals surface area (Å²) in [5.74, 6) is -0.106. The van der Waals surface area contributed by atoms with Crippen LogP contribution in [0.25, 0.3) is 0 Å². The van der Waals surface area contributed by atoms with E-state index in [0.29, 0.717) is 0 Å². The minimum absolute atomic E-state index is 0.00639. The molecule has 0 unspecified atom stereocenters. The first-order valence-electron chi connectivity index (χ1n) is 16.5. The van der Waals surface area contributed by atoms with E-state index in [9.17, 15) is 19.2 Å². The van der Waals surface area contributed by atoms with E-state index in [-0.39, 0.29) is 24.8 Å². The smallest absolute Gasteiger partial charge is 0.407 e. The number of ketones is 2. The van der Waals surface area contributed by atoms with Crippen molar-refractivity contribution in [3.8, 4) is 0 Å². The summed E-state index contributed by atoms with van der Waals surface area (Å²) in [4.78, 5) is 58.0. The Hall–Kier alpha value is -4.30. The molecule has 0 aliphatic heterocycles. The van der Waals surface area contributed by atoms with Crippen molar-refractivity contribution in [3.05, 3.63) is 70.8 Å². The van der Waals surface area contributed by atoms with Crippen LogP contribution in [0.2, 0.25) is 0 Å². The first kappa shape index (κ1) is 40.9. The Labute approximate surface area is 292 Å². The summed E-state index contributed by atoms with van der Waals surface area (Å²) in [6.07, 6.45) is -1.19. The van der Waals surface area contributed by atoms with E-state index in [1.54, 1.807) is 27.7 Å². The number of carbonyl (C=O) groups is 4. The number of alkyl carbamates (subject to hydrolysis) is 2. The van der Waals surface area contributed by atoms with Gasteiger partial charge in [-0.3, -0.25) is 9.59 Å². The highest BCUT2D eigenvalue weighted by Gasteiger charge is 2.31. The molecule has 0 aromatic heterocycles. The number of rotatable bonds is 14. The summed E-state index contributed by atoms with van der Waals surface area (Å²) in [6.45, 7) is 25.3. The Balaban J connectivity index is 2.16. The van der Waals surface area contributed by atoms with E-state index < -0.39 is 45.2 Å². The first-order chi connectivity index (χ1) is 22.2. The van der Waals surface area contributed by atoms with Crippen LogP contribution < -0.4 is 10.6 Å². The Morgan fingerprint density at radius 2 is 0.939 bits per heavy atom. The summed E-state index contributed by atoms with van der Waals surface area (Å²) >= 11 is 0. The van der Waals surface area contributed by atoms with E-state index in [1.807, 2.05) is 104 Å². The number of hydrogen-bond donors (Lipinski definition) is 2. The highest BCUT2D eigenvalue weighted by molar-refractivity contribution is 5.82. The van der Waals surface area contributed by atoms with Gasteiger partial charge in [0.15, 0.2) is 0 Å². The van der Waals surface area contributed by atoms with Crippen LogP contribution in [-0.2, 0) is 41.2 Å². The molecule has 0 saturated heterocycles. The van der Waals surface area contributed by atoms with Crippen molar-refractivity contribution >= 4 is 29.8 Å². The molecular formula is C39H56N4O6.